The summed E-state index contributed by atoms with van der Waals surface area (Å²) in [5.74, 6) is -1.52. The second-order valence-electron chi connectivity index (χ2n) is 6.67. The Kier molecular flexibility index (Phi) is 10.5. The van der Waals surface area contributed by atoms with E-state index in [1.165, 1.54) is 12.8 Å². The van der Waals surface area contributed by atoms with E-state index in [9.17, 15) is 14.7 Å². The van der Waals surface area contributed by atoms with Crippen molar-refractivity contribution in [1.82, 2.24) is 0 Å². The molecule has 0 heterocycles. The average molecular weight is 313 g/mol. The first-order valence-electron chi connectivity index (χ1n) is 8.09. The summed E-state index contributed by atoms with van der Waals surface area (Å²) in [7, 11) is 5.78. The van der Waals surface area contributed by atoms with Crippen LogP contribution in [0.2, 0.25) is 0 Å². The van der Waals surface area contributed by atoms with E-state index in [0.717, 1.165) is 19.3 Å². The molecule has 0 saturated heterocycles. The van der Waals surface area contributed by atoms with Gasteiger partial charge >= 0.3 is 5.97 Å². The van der Waals surface area contributed by atoms with Gasteiger partial charge in [-0.3, -0.25) is 4.79 Å². The fraction of sp³-hybridized carbons (Fsp3) is 0.765. The largest absolute Gasteiger partial charge is 0.550 e. The number of carboxylic acids is 1. The van der Waals surface area contributed by atoms with Crippen LogP contribution in [0.3, 0.4) is 0 Å². The van der Waals surface area contributed by atoms with Gasteiger partial charge in [-0.15, -0.1) is 0 Å². The Hall–Kier alpha value is -1.36. The second-order valence-corrected chi connectivity index (χ2v) is 6.67. The highest BCUT2D eigenvalue weighted by Crippen LogP contribution is 2.08. The van der Waals surface area contributed by atoms with Gasteiger partial charge in [0.2, 0.25) is 0 Å². The van der Waals surface area contributed by atoms with Gasteiger partial charge in [-0.1, -0.05) is 31.9 Å². The molecule has 1 atom stereocenters. The normalized spacial score (nSPS) is 13.3. The zero-order chi connectivity index (χ0) is 17.0. The van der Waals surface area contributed by atoms with Gasteiger partial charge in [0.1, 0.15) is 6.54 Å². The van der Waals surface area contributed by atoms with Crippen molar-refractivity contribution < 1.29 is 23.9 Å². The molecule has 22 heavy (non-hydrogen) atoms. The predicted molar refractivity (Wildman–Crippen MR) is 84.9 cm³/mol. The van der Waals surface area contributed by atoms with Gasteiger partial charge in [0.05, 0.1) is 21.1 Å². The molecule has 0 bridgehead atoms. The number of ether oxygens (including phenoxy) is 1. The summed E-state index contributed by atoms with van der Waals surface area (Å²) < 4.78 is 5.82. The summed E-state index contributed by atoms with van der Waals surface area (Å²) in [5.41, 5.74) is 0. The van der Waals surface area contributed by atoms with Crippen LogP contribution in [0.25, 0.3) is 0 Å². The number of carbonyl (C=O) groups is 2. The Morgan fingerprint density at radius 3 is 2.23 bits per heavy atom. The molecule has 0 radical (unpaired) electrons. The first kappa shape index (κ1) is 20.6. The number of rotatable bonds is 12. The number of allylic oxidation sites excluding steroid dienone is 2. The molecule has 0 aromatic carbocycles. The molecular formula is C17H31NO4. The number of carbonyl (C=O) groups excluding carboxylic acids is 2. The molecule has 0 aromatic rings. The molecule has 0 saturated carbocycles. The third-order valence-corrected chi connectivity index (χ3v) is 3.09. The van der Waals surface area contributed by atoms with Crippen molar-refractivity contribution in [3.8, 4) is 0 Å². The van der Waals surface area contributed by atoms with Crippen molar-refractivity contribution in [3.05, 3.63) is 12.2 Å². The molecule has 5 heteroatoms. The first-order chi connectivity index (χ1) is 10.2. The Bertz CT molecular complexity index is 358. The highest BCUT2D eigenvalue weighted by molar-refractivity contribution is 5.70. The van der Waals surface area contributed by atoms with E-state index < -0.39 is 12.1 Å². The molecule has 0 fully saturated rings. The van der Waals surface area contributed by atoms with Gasteiger partial charge in [0.25, 0.3) is 0 Å². The first-order valence-corrected chi connectivity index (χ1v) is 8.09. The van der Waals surface area contributed by atoms with Crippen LogP contribution < -0.4 is 5.11 Å². The van der Waals surface area contributed by atoms with Crippen LogP contribution in [0, 0.1) is 0 Å². The molecule has 1 unspecified atom stereocenters. The van der Waals surface area contributed by atoms with E-state index in [-0.39, 0.29) is 12.4 Å². The molecule has 128 valence electrons. The summed E-state index contributed by atoms with van der Waals surface area (Å²) in [6.45, 7) is 2.61. The van der Waals surface area contributed by atoms with Crippen LogP contribution in [-0.4, -0.2) is 50.2 Å². The molecule has 0 spiro atoms. The van der Waals surface area contributed by atoms with Crippen LogP contribution in [-0.2, 0) is 14.3 Å². The number of aliphatic carboxylic acids is 1. The van der Waals surface area contributed by atoms with Crippen molar-refractivity contribution in [1.29, 1.82) is 0 Å². The Morgan fingerprint density at radius 1 is 1.14 bits per heavy atom. The number of quaternary nitrogens is 1. The second kappa shape index (κ2) is 11.2. The number of nitrogens with zero attached hydrogens (tertiary/aromatic N) is 1. The average Bonchev–Trinajstić information content (AvgIpc) is 2.34. The van der Waals surface area contributed by atoms with Crippen LogP contribution in [0.15, 0.2) is 12.2 Å². The Labute approximate surface area is 134 Å². The molecule has 0 aliphatic rings. The lowest BCUT2D eigenvalue weighted by molar-refractivity contribution is -0.873. The molecule has 0 amide bonds. The van der Waals surface area contributed by atoms with Crippen molar-refractivity contribution in [2.45, 2.75) is 58.0 Å². The molecule has 0 aliphatic carbocycles. The molecule has 0 N–H and O–H groups in total. The number of unbranched alkanes of at least 4 members (excludes halogenated alkanes) is 3. The van der Waals surface area contributed by atoms with E-state index in [1.807, 2.05) is 21.1 Å². The zero-order valence-electron chi connectivity index (χ0n) is 14.5. The van der Waals surface area contributed by atoms with E-state index in [4.69, 9.17) is 4.74 Å². The Morgan fingerprint density at radius 2 is 1.73 bits per heavy atom. The zero-order valence-corrected chi connectivity index (χ0v) is 14.5. The third kappa shape index (κ3) is 13.6. The van der Waals surface area contributed by atoms with Gasteiger partial charge in [0, 0.05) is 18.8 Å². The van der Waals surface area contributed by atoms with Crippen molar-refractivity contribution in [2.24, 2.45) is 0 Å². The molecule has 0 aromatic heterocycles. The van der Waals surface area contributed by atoms with Gasteiger partial charge in [-0.25, -0.2) is 0 Å². The van der Waals surface area contributed by atoms with Crippen LogP contribution >= 0.6 is 0 Å². The molecule has 0 rings (SSSR count). The molecule has 0 aliphatic heterocycles. The standard InChI is InChI=1S/C17H31NO4/c1-5-6-7-8-9-10-11-12-17(21)22-15(13-16(19)20)14-18(2,3)4/h8-9,15H,5-7,10-14H2,1-4H3/b9-8+. The lowest BCUT2D eigenvalue weighted by Gasteiger charge is -2.29. The monoisotopic (exact) mass is 313 g/mol. The summed E-state index contributed by atoms with van der Waals surface area (Å²) in [5, 5.41) is 10.7. The lowest BCUT2D eigenvalue weighted by atomic mass is 10.2. The number of hydrogen-bond donors (Lipinski definition) is 0. The van der Waals surface area contributed by atoms with Crippen molar-refractivity contribution >= 4 is 11.9 Å². The minimum absolute atomic E-state index is 0.252. The SMILES string of the molecule is CCCC/C=C/CCCC(=O)OC(CC(=O)[O-])C[N+](C)(C)C. The predicted octanol–water partition coefficient (Wildman–Crippen LogP) is 1.66. The summed E-state index contributed by atoms with van der Waals surface area (Å²) in [6.07, 6.45) is 8.70. The number of carboxylic acid groups (broad SMARTS) is 1. The highest BCUT2D eigenvalue weighted by Gasteiger charge is 2.22. The van der Waals surface area contributed by atoms with E-state index in [1.54, 1.807) is 0 Å². The van der Waals surface area contributed by atoms with Crippen molar-refractivity contribution in [2.75, 3.05) is 27.7 Å². The van der Waals surface area contributed by atoms with Gasteiger partial charge in [0.15, 0.2) is 6.10 Å². The smallest absolute Gasteiger partial charge is 0.306 e. The van der Waals surface area contributed by atoms with Crippen LogP contribution in [0.1, 0.15) is 51.9 Å². The van der Waals surface area contributed by atoms with Crippen molar-refractivity contribution in [3.63, 3.8) is 0 Å². The molecular weight excluding hydrogens is 282 g/mol. The Balaban J connectivity index is 4.06. The highest BCUT2D eigenvalue weighted by atomic mass is 16.5. The summed E-state index contributed by atoms with van der Waals surface area (Å²) >= 11 is 0. The van der Waals surface area contributed by atoms with E-state index in [2.05, 4.69) is 19.1 Å². The number of likely N-dealkylation sites (N-methyl/N-ethyl adjacent to an activating group) is 1. The lowest BCUT2D eigenvalue weighted by Crippen LogP contribution is -2.45. The quantitative estimate of drug-likeness (QED) is 0.238. The maximum atomic E-state index is 11.8. The number of hydrogen-bond acceptors (Lipinski definition) is 4. The van der Waals surface area contributed by atoms with Crippen LogP contribution in [0.5, 0.6) is 0 Å². The minimum Gasteiger partial charge on any atom is -0.550 e. The van der Waals surface area contributed by atoms with Gasteiger partial charge < -0.3 is 19.1 Å². The fourth-order valence-corrected chi connectivity index (χ4v) is 2.11. The maximum absolute atomic E-state index is 11.8. The minimum atomic E-state index is -1.19. The van der Waals surface area contributed by atoms with Gasteiger partial charge in [-0.2, -0.15) is 0 Å². The number of esters is 1. The topological polar surface area (TPSA) is 66.4 Å². The summed E-state index contributed by atoms with van der Waals surface area (Å²) in [6, 6.07) is 0. The summed E-state index contributed by atoms with van der Waals surface area (Å²) in [4.78, 5) is 22.5. The molecule has 5 nitrogen and oxygen atoms in total. The van der Waals surface area contributed by atoms with Gasteiger partial charge in [-0.05, 0) is 19.3 Å². The third-order valence-electron chi connectivity index (χ3n) is 3.09. The maximum Gasteiger partial charge on any atom is 0.306 e. The van der Waals surface area contributed by atoms with E-state index in [0.29, 0.717) is 17.4 Å². The fourth-order valence-electron chi connectivity index (χ4n) is 2.11. The van der Waals surface area contributed by atoms with E-state index >= 15 is 0 Å². The van der Waals surface area contributed by atoms with Crippen LogP contribution in [0.4, 0.5) is 0 Å².